The minimum atomic E-state index is -0.326. The number of anilines is 1. The number of aryl methyl sites for hydroxylation is 1. The van der Waals surface area contributed by atoms with Crippen LogP contribution < -0.4 is 9.64 Å². The van der Waals surface area contributed by atoms with E-state index in [1.165, 1.54) is 10.5 Å². The van der Waals surface area contributed by atoms with E-state index < -0.39 is 0 Å². The van der Waals surface area contributed by atoms with E-state index in [9.17, 15) is 9.59 Å². The van der Waals surface area contributed by atoms with Gasteiger partial charge in [0.15, 0.2) is 0 Å². The Bertz CT molecular complexity index is 1170. The smallest absolute Gasteiger partial charge is 0.298 e. The minimum absolute atomic E-state index is 0.307. The molecule has 0 spiro atoms. The number of hydrogen-bond donors (Lipinski definition) is 0. The van der Waals surface area contributed by atoms with Gasteiger partial charge in [0.25, 0.3) is 11.1 Å². The van der Waals surface area contributed by atoms with Crippen LogP contribution in [0.4, 0.5) is 10.5 Å². The summed E-state index contributed by atoms with van der Waals surface area (Å²) in [6, 6.07) is 20.8. The largest absolute Gasteiger partial charge is 0.487 e. The van der Waals surface area contributed by atoms with Gasteiger partial charge < -0.3 is 4.74 Å². The van der Waals surface area contributed by atoms with E-state index >= 15 is 0 Å². The van der Waals surface area contributed by atoms with Gasteiger partial charge in [-0.1, -0.05) is 48.0 Å². The van der Waals surface area contributed by atoms with Crippen LogP contribution in [0.5, 0.6) is 5.75 Å². The molecule has 3 aromatic rings. The fourth-order valence-electron chi connectivity index (χ4n) is 3.18. The lowest BCUT2D eigenvalue weighted by Gasteiger charge is -2.12. The van der Waals surface area contributed by atoms with Crippen molar-refractivity contribution in [1.29, 1.82) is 0 Å². The molecule has 156 valence electrons. The van der Waals surface area contributed by atoms with Crippen molar-refractivity contribution < 1.29 is 14.3 Å². The molecule has 0 aromatic heterocycles. The molecule has 1 saturated heterocycles. The fourth-order valence-corrected chi connectivity index (χ4v) is 5.47. The zero-order valence-corrected chi connectivity index (χ0v) is 20.5. The molecule has 0 bridgehead atoms. The predicted molar refractivity (Wildman–Crippen MR) is 132 cm³/mol. The highest BCUT2D eigenvalue weighted by molar-refractivity contribution is 9.11. The maximum atomic E-state index is 12.8. The van der Waals surface area contributed by atoms with Crippen molar-refractivity contribution in [3.05, 3.63) is 97.3 Å². The van der Waals surface area contributed by atoms with E-state index in [4.69, 9.17) is 4.74 Å². The quantitative estimate of drug-likeness (QED) is 0.307. The van der Waals surface area contributed by atoms with Crippen molar-refractivity contribution in [1.82, 2.24) is 0 Å². The van der Waals surface area contributed by atoms with E-state index in [2.05, 4.69) is 37.9 Å². The molecule has 1 heterocycles. The standard InChI is InChI=1S/C24H17Br2NO3S/c1-15-6-5-7-16(10-15)14-30-22-19(25)11-17(12-20(22)26)13-21-23(28)27(24(29)31-21)18-8-3-2-4-9-18/h2-13H,14H2,1H3/b21-13-. The van der Waals surface area contributed by atoms with E-state index in [0.717, 1.165) is 31.8 Å². The molecule has 31 heavy (non-hydrogen) atoms. The molecule has 0 N–H and O–H groups in total. The number of rotatable bonds is 5. The summed E-state index contributed by atoms with van der Waals surface area (Å²) < 4.78 is 7.50. The van der Waals surface area contributed by atoms with Crippen molar-refractivity contribution in [2.45, 2.75) is 13.5 Å². The number of halogens is 2. The molecular formula is C24H17Br2NO3S. The molecule has 1 aliphatic heterocycles. The SMILES string of the molecule is Cc1cccc(COc2c(Br)cc(/C=C3\SC(=O)N(c4ccccc4)C3=O)cc2Br)c1. The van der Waals surface area contributed by atoms with Crippen molar-refractivity contribution in [3.8, 4) is 5.75 Å². The van der Waals surface area contributed by atoms with Gasteiger partial charge in [0.2, 0.25) is 0 Å². The Morgan fingerprint density at radius 2 is 1.68 bits per heavy atom. The first-order valence-corrected chi connectivity index (χ1v) is 11.8. The second-order valence-electron chi connectivity index (χ2n) is 6.94. The van der Waals surface area contributed by atoms with Crippen LogP contribution in [0.15, 0.2) is 80.6 Å². The van der Waals surface area contributed by atoms with E-state index in [-0.39, 0.29) is 11.1 Å². The number of hydrogen-bond acceptors (Lipinski definition) is 4. The summed E-state index contributed by atoms with van der Waals surface area (Å²) in [4.78, 5) is 26.8. The van der Waals surface area contributed by atoms with Crippen LogP contribution in [0.1, 0.15) is 16.7 Å². The first-order valence-electron chi connectivity index (χ1n) is 9.43. The molecule has 7 heteroatoms. The van der Waals surface area contributed by atoms with Crippen molar-refractivity contribution in [3.63, 3.8) is 0 Å². The normalized spacial score (nSPS) is 15.1. The second kappa shape index (κ2) is 9.42. The average Bonchev–Trinajstić information content (AvgIpc) is 3.01. The van der Waals surface area contributed by atoms with Gasteiger partial charge >= 0.3 is 0 Å². The van der Waals surface area contributed by atoms with Gasteiger partial charge in [0, 0.05) is 0 Å². The summed E-state index contributed by atoms with van der Waals surface area (Å²) in [5.41, 5.74) is 3.60. The molecule has 1 aliphatic rings. The van der Waals surface area contributed by atoms with Crippen LogP contribution in [0.2, 0.25) is 0 Å². The average molecular weight is 559 g/mol. The highest BCUT2D eigenvalue weighted by Crippen LogP contribution is 2.39. The van der Waals surface area contributed by atoms with E-state index in [1.807, 2.05) is 43.3 Å². The van der Waals surface area contributed by atoms with Gasteiger partial charge in [0.1, 0.15) is 12.4 Å². The fraction of sp³-hybridized carbons (Fsp3) is 0.0833. The van der Waals surface area contributed by atoms with Crippen LogP contribution in [0.25, 0.3) is 6.08 Å². The Hall–Kier alpha value is -2.35. The van der Waals surface area contributed by atoms with Crippen molar-refractivity contribution in [2.75, 3.05) is 4.90 Å². The van der Waals surface area contributed by atoms with Gasteiger partial charge in [-0.3, -0.25) is 9.59 Å². The predicted octanol–water partition coefficient (Wildman–Crippen LogP) is 7.34. The Kier molecular flexibility index (Phi) is 6.65. The van der Waals surface area contributed by atoms with E-state index in [0.29, 0.717) is 22.9 Å². The van der Waals surface area contributed by atoms with Crippen LogP contribution in [0, 0.1) is 6.92 Å². The minimum Gasteiger partial charge on any atom is -0.487 e. The molecule has 2 amide bonds. The first kappa shape index (κ1) is 21.9. The number of para-hydroxylation sites is 1. The van der Waals surface area contributed by atoms with Gasteiger partial charge in [-0.25, -0.2) is 4.90 Å². The first-order chi connectivity index (χ1) is 14.9. The summed E-state index contributed by atoms with van der Waals surface area (Å²) in [5.74, 6) is 0.351. The third kappa shape index (κ3) is 4.95. The number of amides is 2. The number of benzene rings is 3. The Balaban J connectivity index is 1.55. The number of thioether (sulfide) groups is 1. The lowest BCUT2D eigenvalue weighted by atomic mass is 10.1. The van der Waals surface area contributed by atoms with Crippen molar-refractivity contribution in [2.24, 2.45) is 0 Å². The lowest BCUT2D eigenvalue weighted by Crippen LogP contribution is -2.27. The third-order valence-electron chi connectivity index (χ3n) is 4.59. The van der Waals surface area contributed by atoms with Gasteiger partial charge in [-0.2, -0.15) is 0 Å². The van der Waals surface area contributed by atoms with Gasteiger partial charge in [0.05, 0.1) is 19.5 Å². The number of ether oxygens (including phenoxy) is 1. The van der Waals surface area contributed by atoms with Gasteiger partial charge in [-0.15, -0.1) is 0 Å². The molecule has 0 radical (unpaired) electrons. The number of nitrogens with zero attached hydrogens (tertiary/aromatic N) is 1. The molecular weight excluding hydrogens is 542 g/mol. The third-order valence-corrected chi connectivity index (χ3v) is 6.64. The molecule has 1 fully saturated rings. The second-order valence-corrected chi connectivity index (χ2v) is 9.65. The molecule has 3 aromatic carbocycles. The molecule has 0 saturated carbocycles. The molecule has 4 rings (SSSR count). The molecule has 4 nitrogen and oxygen atoms in total. The highest BCUT2D eigenvalue weighted by atomic mass is 79.9. The number of imide groups is 1. The Morgan fingerprint density at radius 1 is 0.968 bits per heavy atom. The summed E-state index contributed by atoms with van der Waals surface area (Å²) in [5, 5.41) is -0.307. The van der Waals surface area contributed by atoms with Gasteiger partial charge in [-0.05, 0) is 92.0 Å². The zero-order valence-electron chi connectivity index (χ0n) is 16.5. The maximum absolute atomic E-state index is 12.8. The van der Waals surface area contributed by atoms with Crippen LogP contribution in [0.3, 0.4) is 0 Å². The summed E-state index contributed by atoms with van der Waals surface area (Å²) in [6.45, 7) is 2.48. The monoisotopic (exact) mass is 557 g/mol. The molecule has 0 atom stereocenters. The Morgan fingerprint density at radius 3 is 2.35 bits per heavy atom. The zero-order chi connectivity index (χ0) is 22.0. The maximum Gasteiger partial charge on any atom is 0.298 e. The lowest BCUT2D eigenvalue weighted by molar-refractivity contribution is -0.113. The summed E-state index contributed by atoms with van der Waals surface area (Å²) in [7, 11) is 0. The summed E-state index contributed by atoms with van der Waals surface area (Å²) >= 11 is 8.05. The summed E-state index contributed by atoms with van der Waals surface area (Å²) in [6.07, 6.45) is 1.72. The highest BCUT2D eigenvalue weighted by Gasteiger charge is 2.36. The molecule has 0 aliphatic carbocycles. The number of carbonyl (C=O) groups excluding carboxylic acids is 2. The number of carbonyl (C=O) groups is 2. The Labute approximate surface area is 201 Å². The van der Waals surface area contributed by atoms with Crippen LogP contribution in [-0.2, 0) is 11.4 Å². The van der Waals surface area contributed by atoms with Crippen LogP contribution in [-0.4, -0.2) is 11.1 Å². The van der Waals surface area contributed by atoms with Crippen molar-refractivity contribution >= 4 is 66.5 Å². The van der Waals surface area contributed by atoms with Crippen LogP contribution >= 0.6 is 43.6 Å². The van der Waals surface area contributed by atoms with E-state index in [1.54, 1.807) is 30.3 Å². The topological polar surface area (TPSA) is 46.6 Å². The molecule has 0 unspecified atom stereocenters.